The van der Waals surface area contributed by atoms with Crippen LogP contribution in [0.4, 0.5) is 0 Å². The summed E-state index contributed by atoms with van der Waals surface area (Å²) < 4.78 is 13.1. The molecule has 1 fully saturated rings. The van der Waals surface area contributed by atoms with Crippen molar-refractivity contribution in [1.29, 1.82) is 0 Å². The van der Waals surface area contributed by atoms with Crippen LogP contribution >= 0.6 is 11.6 Å². The van der Waals surface area contributed by atoms with Gasteiger partial charge in [0.25, 0.3) is 0 Å². The number of aryl methyl sites for hydroxylation is 1. The number of halogens is 1. The maximum atomic E-state index is 5.94. The number of rotatable bonds is 4. The number of ether oxygens (including phenoxy) is 2. The summed E-state index contributed by atoms with van der Waals surface area (Å²) in [4.78, 5) is 4.43. The molecule has 1 aromatic heterocycles. The third kappa shape index (κ3) is 2.94. The molecule has 0 saturated carbocycles. The van der Waals surface area contributed by atoms with Gasteiger partial charge in [-0.05, 0) is 31.5 Å². The van der Waals surface area contributed by atoms with Crippen molar-refractivity contribution in [3.8, 4) is 5.75 Å². The maximum Gasteiger partial charge on any atom is 0.165 e. The van der Waals surface area contributed by atoms with E-state index in [1.54, 1.807) is 6.07 Å². The average Bonchev–Trinajstić information content (AvgIpc) is 3.05. The number of hydrogen-bond acceptors (Lipinski definition) is 4. The van der Waals surface area contributed by atoms with E-state index in [2.05, 4.69) is 10.1 Å². The number of hydrogen-bond donors (Lipinski definition) is 0. The van der Waals surface area contributed by atoms with Gasteiger partial charge in [0.15, 0.2) is 5.82 Å². The van der Waals surface area contributed by atoms with E-state index in [1.165, 1.54) is 0 Å². The van der Waals surface area contributed by atoms with E-state index in [1.807, 2.05) is 29.8 Å². The molecule has 5 nitrogen and oxygen atoms in total. The van der Waals surface area contributed by atoms with Crippen molar-refractivity contribution in [2.24, 2.45) is 0 Å². The first kappa shape index (κ1) is 13.4. The molecule has 1 aromatic carbocycles. The highest BCUT2D eigenvalue weighted by atomic mass is 35.5. The Morgan fingerprint density at radius 3 is 3.15 bits per heavy atom. The van der Waals surface area contributed by atoms with Gasteiger partial charge >= 0.3 is 0 Å². The zero-order chi connectivity index (χ0) is 13.9. The maximum absolute atomic E-state index is 5.94. The molecule has 1 aliphatic rings. The molecular weight excluding hydrogens is 278 g/mol. The van der Waals surface area contributed by atoms with E-state index >= 15 is 0 Å². The first-order valence-corrected chi connectivity index (χ1v) is 6.98. The zero-order valence-electron chi connectivity index (χ0n) is 11.3. The predicted molar refractivity (Wildman–Crippen MR) is 75.0 cm³/mol. The highest BCUT2D eigenvalue weighted by molar-refractivity contribution is 6.30. The lowest BCUT2D eigenvalue weighted by Crippen LogP contribution is -2.15. The molecule has 1 unspecified atom stereocenters. The Balaban J connectivity index is 1.73. The van der Waals surface area contributed by atoms with Crippen molar-refractivity contribution < 1.29 is 9.47 Å². The van der Waals surface area contributed by atoms with Crippen molar-refractivity contribution in [1.82, 2.24) is 14.8 Å². The van der Waals surface area contributed by atoms with Gasteiger partial charge in [0, 0.05) is 11.6 Å². The van der Waals surface area contributed by atoms with Crippen LogP contribution in [-0.4, -0.2) is 28.0 Å². The molecule has 20 heavy (non-hydrogen) atoms. The van der Waals surface area contributed by atoms with E-state index in [0.29, 0.717) is 18.2 Å². The van der Waals surface area contributed by atoms with E-state index in [-0.39, 0.29) is 6.04 Å². The Morgan fingerprint density at radius 2 is 2.40 bits per heavy atom. The zero-order valence-corrected chi connectivity index (χ0v) is 12.0. The van der Waals surface area contributed by atoms with Crippen molar-refractivity contribution in [2.75, 3.05) is 13.2 Å². The molecule has 106 valence electrons. The van der Waals surface area contributed by atoms with Crippen molar-refractivity contribution >= 4 is 11.6 Å². The van der Waals surface area contributed by atoms with Crippen LogP contribution in [0.15, 0.2) is 24.3 Å². The molecule has 2 heterocycles. The van der Waals surface area contributed by atoms with Gasteiger partial charge in [0.1, 0.15) is 18.2 Å². The monoisotopic (exact) mass is 293 g/mol. The van der Waals surface area contributed by atoms with E-state index < -0.39 is 0 Å². The molecule has 0 spiro atoms. The molecule has 0 amide bonds. The van der Waals surface area contributed by atoms with Crippen LogP contribution in [0.2, 0.25) is 5.02 Å². The summed E-state index contributed by atoms with van der Waals surface area (Å²) >= 11 is 5.94. The standard InChI is InChI=1S/C14H16ClN3O2/c1-10-16-14(18(17-10)12-5-6-19-8-12)9-20-13-4-2-3-11(15)7-13/h2-4,7,12H,5-6,8-9H2,1H3. The largest absolute Gasteiger partial charge is 0.486 e. The van der Waals surface area contributed by atoms with Gasteiger partial charge in [-0.15, -0.1) is 0 Å². The lowest BCUT2D eigenvalue weighted by Gasteiger charge is -2.12. The molecule has 2 aromatic rings. The molecule has 1 aliphatic heterocycles. The van der Waals surface area contributed by atoms with Crippen LogP contribution in [0.5, 0.6) is 5.75 Å². The molecule has 0 N–H and O–H groups in total. The second-order valence-corrected chi connectivity index (χ2v) is 5.22. The third-order valence-corrected chi connectivity index (χ3v) is 3.46. The van der Waals surface area contributed by atoms with Gasteiger partial charge in [-0.1, -0.05) is 17.7 Å². The molecule has 0 bridgehead atoms. The number of benzene rings is 1. The SMILES string of the molecule is Cc1nc(COc2cccc(Cl)c2)n(C2CCOC2)n1. The Hall–Kier alpha value is -1.59. The fraction of sp³-hybridized carbons (Fsp3) is 0.429. The van der Waals surface area contributed by atoms with Gasteiger partial charge < -0.3 is 9.47 Å². The average molecular weight is 294 g/mol. The number of nitrogens with zero attached hydrogens (tertiary/aromatic N) is 3. The lowest BCUT2D eigenvalue weighted by atomic mass is 10.3. The second-order valence-electron chi connectivity index (χ2n) is 4.78. The molecule has 1 saturated heterocycles. The smallest absolute Gasteiger partial charge is 0.165 e. The van der Waals surface area contributed by atoms with Crippen molar-refractivity contribution in [2.45, 2.75) is 26.0 Å². The topological polar surface area (TPSA) is 49.2 Å². The minimum atomic E-state index is 0.258. The van der Waals surface area contributed by atoms with Crippen LogP contribution in [0.3, 0.4) is 0 Å². The summed E-state index contributed by atoms with van der Waals surface area (Å²) in [5.41, 5.74) is 0. The van der Waals surface area contributed by atoms with E-state index in [4.69, 9.17) is 21.1 Å². The molecule has 0 aliphatic carbocycles. The van der Waals surface area contributed by atoms with Gasteiger partial charge in [-0.2, -0.15) is 5.10 Å². The van der Waals surface area contributed by atoms with Crippen LogP contribution in [0, 0.1) is 6.92 Å². The molecule has 0 radical (unpaired) electrons. The molecule has 3 rings (SSSR count). The Bertz CT molecular complexity index is 594. The Kier molecular flexibility index (Phi) is 3.89. The lowest BCUT2D eigenvalue weighted by molar-refractivity contribution is 0.182. The highest BCUT2D eigenvalue weighted by Gasteiger charge is 2.22. The molecular formula is C14H16ClN3O2. The minimum absolute atomic E-state index is 0.258. The van der Waals surface area contributed by atoms with Crippen LogP contribution < -0.4 is 4.74 Å². The van der Waals surface area contributed by atoms with Gasteiger partial charge in [0.05, 0.1) is 12.6 Å². The summed E-state index contributed by atoms with van der Waals surface area (Å²) in [5.74, 6) is 2.30. The second kappa shape index (κ2) is 5.81. The van der Waals surface area contributed by atoms with Crippen LogP contribution in [0.1, 0.15) is 24.1 Å². The van der Waals surface area contributed by atoms with E-state index in [9.17, 15) is 0 Å². The summed E-state index contributed by atoms with van der Waals surface area (Å²) in [6.45, 7) is 3.72. The van der Waals surface area contributed by atoms with Gasteiger partial charge in [0.2, 0.25) is 0 Å². The van der Waals surface area contributed by atoms with E-state index in [0.717, 1.165) is 30.4 Å². The number of aromatic nitrogens is 3. The van der Waals surface area contributed by atoms with Crippen LogP contribution in [0.25, 0.3) is 0 Å². The predicted octanol–water partition coefficient (Wildman–Crippen LogP) is 2.78. The first-order chi connectivity index (χ1) is 9.72. The highest BCUT2D eigenvalue weighted by Crippen LogP contribution is 2.21. The molecule has 6 heteroatoms. The summed E-state index contributed by atoms with van der Waals surface area (Å²) in [7, 11) is 0. The fourth-order valence-corrected chi connectivity index (χ4v) is 2.46. The van der Waals surface area contributed by atoms with Gasteiger partial charge in [-0.3, -0.25) is 0 Å². The minimum Gasteiger partial charge on any atom is -0.486 e. The van der Waals surface area contributed by atoms with Gasteiger partial charge in [-0.25, -0.2) is 9.67 Å². The Morgan fingerprint density at radius 1 is 1.50 bits per heavy atom. The summed E-state index contributed by atoms with van der Waals surface area (Å²) in [6, 6.07) is 7.59. The van der Waals surface area contributed by atoms with Crippen LogP contribution in [-0.2, 0) is 11.3 Å². The van der Waals surface area contributed by atoms with Crippen molar-refractivity contribution in [3.63, 3.8) is 0 Å². The molecule has 1 atom stereocenters. The summed E-state index contributed by atoms with van der Waals surface area (Å²) in [5, 5.41) is 5.10. The first-order valence-electron chi connectivity index (χ1n) is 6.60. The summed E-state index contributed by atoms with van der Waals surface area (Å²) in [6.07, 6.45) is 0.965. The normalized spacial score (nSPS) is 18.4. The Labute approximate surface area is 122 Å². The van der Waals surface area contributed by atoms with Crippen molar-refractivity contribution in [3.05, 3.63) is 40.9 Å². The fourth-order valence-electron chi connectivity index (χ4n) is 2.28. The third-order valence-electron chi connectivity index (χ3n) is 3.22. The quantitative estimate of drug-likeness (QED) is 0.870.